The zero-order valence-corrected chi connectivity index (χ0v) is 19.3. The number of nitrogens with one attached hydrogen (secondary N) is 2. The van der Waals surface area contributed by atoms with E-state index in [0.29, 0.717) is 12.8 Å². The highest BCUT2D eigenvalue weighted by atomic mass is 16.5. The number of benzene rings is 2. The molecule has 34 heavy (non-hydrogen) atoms. The third-order valence-corrected chi connectivity index (χ3v) is 6.82. The predicted octanol–water partition coefficient (Wildman–Crippen LogP) is 4.38. The van der Waals surface area contributed by atoms with Crippen LogP contribution in [0.2, 0.25) is 0 Å². The number of amides is 2. The molecule has 0 spiro atoms. The number of carbonyl (C=O) groups is 3. The van der Waals surface area contributed by atoms with E-state index in [0.717, 1.165) is 24.0 Å². The zero-order chi connectivity index (χ0) is 24.1. The van der Waals surface area contributed by atoms with Gasteiger partial charge in [0.25, 0.3) is 0 Å². The van der Waals surface area contributed by atoms with Gasteiger partial charge in [-0.2, -0.15) is 0 Å². The first-order chi connectivity index (χ1) is 16.4. The minimum Gasteiger partial charge on any atom is -0.478 e. The van der Waals surface area contributed by atoms with Gasteiger partial charge in [0.05, 0.1) is 5.54 Å². The quantitative estimate of drug-likeness (QED) is 0.505. The Bertz CT molecular complexity index is 1070. The SMILES string of the molecule is C/C(=C\CNC(=O)CC1(NC(=O)OCC2c3ccccc3-c3ccccc32)CCCC1)C(=O)O. The molecule has 3 N–H and O–H groups in total. The first-order valence-corrected chi connectivity index (χ1v) is 11.7. The zero-order valence-electron chi connectivity index (χ0n) is 19.3. The number of hydrogen-bond acceptors (Lipinski definition) is 4. The molecule has 1 fully saturated rings. The van der Waals surface area contributed by atoms with Crippen molar-refractivity contribution >= 4 is 18.0 Å². The summed E-state index contributed by atoms with van der Waals surface area (Å²) in [4.78, 5) is 36.2. The van der Waals surface area contributed by atoms with Crippen LogP contribution in [0.1, 0.15) is 56.1 Å². The molecule has 7 heteroatoms. The molecule has 2 amide bonds. The minimum absolute atomic E-state index is 0.0229. The number of carboxylic acid groups (broad SMARTS) is 1. The normalized spacial score (nSPS) is 16.4. The minimum atomic E-state index is -1.02. The van der Waals surface area contributed by atoms with Crippen molar-refractivity contribution in [1.82, 2.24) is 10.6 Å². The molecule has 7 nitrogen and oxygen atoms in total. The number of hydrogen-bond donors (Lipinski definition) is 3. The van der Waals surface area contributed by atoms with Gasteiger partial charge >= 0.3 is 12.1 Å². The number of alkyl carbamates (subject to hydrolysis) is 1. The van der Waals surface area contributed by atoms with Crippen LogP contribution in [0.5, 0.6) is 0 Å². The molecule has 2 aliphatic carbocycles. The second-order valence-corrected chi connectivity index (χ2v) is 9.11. The topological polar surface area (TPSA) is 105 Å². The maximum absolute atomic E-state index is 12.8. The van der Waals surface area contributed by atoms with Crippen molar-refractivity contribution < 1.29 is 24.2 Å². The third kappa shape index (κ3) is 5.14. The summed E-state index contributed by atoms with van der Waals surface area (Å²) < 4.78 is 5.69. The molecular weight excluding hydrogens is 432 g/mol. The lowest BCUT2D eigenvalue weighted by Crippen LogP contribution is -2.49. The van der Waals surface area contributed by atoms with Crippen LogP contribution in [0.15, 0.2) is 60.2 Å². The molecule has 0 heterocycles. The highest BCUT2D eigenvalue weighted by Gasteiger charge is 2.38. The first-order valence-electron chi connectivity index (χ1n) is 11.7. The van der Waals surface area contributed by atoms with E-state index in [9.17, 15) is 14.4 Å². The first kappa shape index (κ1) is 23.5. The molecule has 0 saturated heterocycles. The number of ether oxygens (including phenoxy) is 1. The smallest absolute Gasteiger partial charge is 0.407 e. The highest BCUT2D eigenvalue weighted by Crippen LogP contribution is 2.44. The van der Waals surface area contributed by atoms with Gasteiger partial charge in [-0.15, -0.1) is 0 Å². The average Bonchev–Trinajstić information content (AvgIpc) is 3.40. The molecule has 0 unspecified atom stereocenters. The molecule has 2 aromatic carbocycles. The number of fused-ring (bicyclic) bond motifs is 3. The van der Waals surface area contributed by atoms with Crippen LogP contribution in [0.4, 0.5) is 4.79 Å². The van der Waals surface area contributed by atoms with E-state index in [4.69, 9.17) is 9.84 Å². The molecular formula is C27H30N2O5. The molecule has 0 aliphatic heterocycles. The summed E-state index contributed by atoms with van der Waals surface area (Å²) in [5.41, 5.74) is 4.17. The van der Waals surface area contributed by atoms with Crippen molar-refractivity contribution in [3.8, 4) is 11.1 Å². The predicted molar refractivity (Wildman–Crippen MR) is 128 cm³/mol. The summed E-state index contributed by atoms with van der Waals surface area (Å²) in [7, 11) is 0. The Labute approximate surface area is 199 Å². The lowest BCUT2D eigenvalue weighted by molar-refractivity contribution is -0.132. The second kappa shape index (κ2) is 10.1. The summed E-state index contributed by atoms with van der Waals surface area (Å²) >= 11 is 0. The number of rotatable bonds is 8. The van der Waals surface area contributed by atoms with Gasteiger partial charge in [-0.1, -0.05) is 67.4 Å². The van der Waals surface area contributed by atoms with Crippen LogP contribution in [0.3, 0.4) is 0 Å². The largest absolute Gasteiger partial charge is 0.478 e. The van der Waals surface area contributed by atoms with E-state index in [1.165, 1.54) is 24.1 Å². The molecule has 2 aliphatic rings. The van der Waals surface area contributed by atoms with Gasteiger partial charge in [0.15, 0.2) is 0 Å². The summed E-state index contributed by atoms with van der Waals surface area (Å²) in [6.07, 6.45) is 4.34. The molecule has 0 aromatic heterocycles. The average molecular weight is 463 g/mol. The Balaban J connectivity index is 1.36. The van der Waals surface area contributed by atoms with Crippen LogP contribution in [-0.2, 0) is 14.3 Å². The van der Waals surface area contributed by atoms with Crippen molar-refractivity contribution in [3.63, 3.8) is 0 Å². The van der Waals surface area contributed by atoms with E-state index in [-0.39, 0.29) is 37.0 Å². The molecule has 178 valence electrons. The fourth-order valence-electron chi connectivity index (χ4n) is 5.02. The highest BCUT2D eigenvalue weighted by molar-refractivity contribution is 5.86. The monoisotopic (exact) mass is 462 g/mol. The third-order valence-electron chi connectivity index (χ3n) is 6.82. The molecule has 0 atom stereocenters. The van der Waals surface area contributed by atoms with E-state index >= 15 is 0 Å². The fraction of sp³-hybridized carbons (Fsp3) is 0.370. The van der Waals surface area contributed by atoms with E-state index in [1.807, 2.05) is 24.3 Å². The lowest BCUT2D eigenvalue weighted by Gasteiger charge is -2.29. The number of aliphatic carboxylic acids is 1. The van der Waals surface area contributed by atoms with Crippen molar-refractivity contribution in [2.75, 3.05) is 13.2 Å². The van der Waals surface area contributed by atoms with Gasteiger partial charge in [0, 0.05) is 24.5 Å². The molecule has 4 rings (SSSR count). The van der Waals surface area contributed by atoms with E-state index in [2.05, 4.69) is 34.9 Å². The summed E-state index contributed by atoms with van der Waals surface area (Å²) in [5.74, 6) is -1.26. The Hall–Kier alpha value is -3.61. The van der Waals surface area contributed by atoms with Crippen LogP contribution in [-0.4, -0.2) is 41.8 Å². The van der Waals surface area contributed by atoms with Crippen molar-refractivity contribution in [3.05, 3.63) is 71.3 Å². The van der Waals surface area contributed by atoms with Crippen molar-refractivity contribution in [2.45, 2.75) is 50.5 Å². The van der Waals surface area contributed by atoms with Crippen LogP contribution >= 0.6 is 0 Å². The standard InChI is InChI=1S/C27H30N2O5/c1-18(25(31)32)12-15-28-24(30)16-27(13-6-7-14-27)29-26(33)34-17-23-21-10-4-2-8-19(21)20-9-3-5-11-22(20)23/h2-5,8-12,23H,6-7,13-17H2,1H3,(H,28,30)(H,29,33)(H,31,32)/b18-12+. The molecule has 1 saturated carbocycles. The van der Waals surface area contributed by atoms with Gasteiger partial charge in [0.1, 0.15) is 6.61 Å². The molecule has 0 radical (unpaired) electrons. The maximum atomic E-state index is 12.8. The summed E-state index contributed by atoms with van der Waals surface area (Å²) in [6.45, 7) is 1.84. The fourth-order valence-corrected chi connectivity index (χ4v) is 5.02. The lowest BCUT2D eigenvalue weighted by atomic mass is 9.93. The summed E-state index contributed by atoms with van der Waals surface area (Å²) in [6, 6.07) is 16.3. The Morgan fingerprint density at radius 3 is 2.21 bits per heavy atom. The summed E-state index contributed by atoms with van der Waals surface area (Å²) in [5, 5.41) is 14.6. The second-order valence-electron chi connectivity index (χ2n) is 9.11. The molecule has 2 aromatic rings. The van der Waals surface area contributed by atoms with Crippen molar-refractivity contribution in [1.29, 1.82) is 0 Å². The van der Waals surface area contributed by atoms with E-state index < -0.39 is 17.6 Å². The Morgan fingerprint density at radius 2 is 1.62 bits per heavy atom. The molecule has 0 bridgehead atoms. The van der Waals surface area contributed by atoms with Crippen molar-refractivity contribution in [2.24, 2.45) is 0 Å². The Morgan fingerprint density at radius 1 is 1.03 bits per heavy atom. The number of carbonyl (C=O) groups excluding carboxylic acids is 2. The number of carboxylic acids is 1. The van der Waals surface area contributed by atoms with Gasteiger partial charge in [-0.05, 0) is 42.0 Å². The van der Waals surface area contributed by atoms with Crippen LogP contribution in [0, 0.1) is 0 Å². The van der Waals surface area contributed by atoms with Gasteiger partial charge in [0.2, 0.25) is 5.91 Å². The maximum Gasteiger partial charge on any atom is 0.407 e. The van der Waals surface area contributed by atoms with E-state index in [1.54, 1.807) is 0 Å². The van der Waals surface area contributed by atoms with Gasteiger partial charge < -0.3 is 20.5 Å². The van der Waals surface area contributed by atoms with Crippen LogP contribution < -0.4 is 10.6 Å². The van der Waals surface area contributed by atoms with Crippen LogP contribution in [0.25, 0.3) is 11.1 Å². The van der Waals surface area contributed by atoms with Gasteiger partial charge in [-0.3, -0.25) is 4.79 Å². The van der Waals surface area contributed by atoms with Gasteiger partial charge in [-0.25, -0.2) is 9.59 Å². The Kier molecular flexibility index (Phi) is 7.01.